The van der Waals surface area contributed by atoms with Crippen LogP contribution < -0.4 is 0 Å². The highest BCUT2D eigenvalue weighted by Crippen LogP contribution is 2.27. The maximum Gasteiger partial charge on any atom is 0.183 e. The fraction of sp³-hybridized carbons (Fsp3) is 0.361. The first kappa shape index (κ1) is 29.9. The lowest BCUT2D eigenvalue weighted by molar-refractivity contribution is -0.111. The van der Waals surface area contributed by atoms with E-state index in [4.69, 9.17) is 4.99 Å². The van der Waals surface area contributed by atoms with Crippen LogP contribution in [0.2, 0.25) is 0 Å². The molecule has 0 N–H and O–H groups in total. The van der Waals surface area contributed by atoms with Gasteiger partial charge in [0.05, 0.1) is 5.70 Å². The highest BCUT2D eigenvalue weighted by molar-refractivity contribution is 6.15. The second kappa shape index (κ2) is 14.5. The number of hydrogen-bond donors (Lipinski definition) is 0. The number of nitrogens with zero attached hydrogens (tertiary/aromatic N) is 2. The van der Waals surface area contributed by atoms with E-state index < -0.39 is 0 Å². The number of likely N-dealkylation sites (tertiary alicyclic amines) is 1. The van der Waals surface area contributed by atoms with Gasteiger partial charge in [0.15, 0.2) is 5.78 Å². The molecule has 1 fully saturated rings. The molecule has 0 aromatic heterocycles. The van der Waals surface area contributed by atoms with Crippen molar-refractivity contribution in [2.45, 2.75) is 73.1 Å². The summed E-state index contributed by atoms with van der Waals surface area (Å²) < 4.78 is 0. The Balaban J connectivity index is 1.94. The molecule has 0 spiro atoms. The van der Waals surface area contributed by atoms with E-state index in [1.165, 1.54) is 16.8 Å². The van der Waals surface area contributed by atoms with Crippen LogP contribution in [0.4, 0.5) is 0 Å². The summed E-state index contributed by atoms with van der Waals surface area (Å²) in [5, 5.41) is 0. The van der Waals surface area contributed by atoms with Crippen LogP contribution in [0.15, 0.2) is 107 Å². The summed E-state index contributed by atoms with van der Waals surface area (Å²) in [5.74, 6) is -0.0662. The minimum absolute atomic E-state index is 0.0662. The zero-order valence-electron chi connectivity index (χ0n) is 24.6. The number of aliphatic imine (C=N–C) groups is 1. The van der Waals surface area contributed by atoms with E-state index in [2.05, 4.69) is 87.9 Å². The number of carbonyl (C=O) groups is 1. The second-order valence-corrected chi connectivity index (χ2v) is 10.4. The second-order valence-electron chi connectivity index (χ2n) is 10.4. The van der Waals surface area contributed by atoms with Crippen molar-refractivity contribution in [3.8, 4) is 0 Å². The third-order valence-corrected chi connectivity index (χ3v) is 7.52. The fourth-order valence-electron chi connectivity index (χ4n) is 4.88. The molecule has 0 saturated carbocycles. The van der Waals surface area contributed by atoms with Crippen LogP contribution >= 0.6 is 0 Å². The van der Waals surface area contributed by atoms with Gasteiger partial charge in [0, 0.05) is 48.1 Å². The van der Waals surface area contributed by atoms with Crippen LogP contribution in [0.5, 0.6) is 0 Å². The Bertz CT molecular complexity index is 1320. The van der Waals surface area contributed by atoms with Gasteiger partial charge in [0.2, 0.25) is 0 Å². The highest BCUT2D eigenvalue weighted by atomic mass is 16.1. The van der Waals surface area contributed by atoms with Gasteiger partial charge in [-0.25, -0.2) is 0 Å². The molecule has 39 heavy (non-hydrogen) atoms. The van der Waals surface area contributed by atoms with Gasteiger partial charge in [-0.05, 0) is 100 Å². The first-order chi connectivity index (χ1) is 18.7. The number of ketones is 1. The van der Waals surface area contributed by atoms with Crippen molar-refractivity contribution >= 4 is 22.8 Å². The van der Waals surface area contributed by atoms with Gasteiger partial charge in [-0.2, -0.15) is 0 Å². The van der Waals surface area contributed by atoms with Crippen LogP contribution in [0.25, 0.3) is 11.3 Å². The lowest BCUT2D eigenvalue weighted by atomic mass is 9.98. The Morgan fingerprint density at radius 1 is 1.10 bits per heavy atom. The quantitative estimate of drug-likeness (QED) is 0.155. The standard InChI is InChI=1S/C36H44N2O/c1-8-27(5)28(6)22-30(9-2)31-16-11-17-32(24-31)35-25-36(39)29(7)23-33(37-35)18-19-34(10-3)38-20-12-14-26(4)15-13-21-38/h8,10-11,16-19,24-25H,4,7,9,12-15,20-21,23H2,1-3,5-6H3/b19-18-,27-8-,34-10+. The topological polar surface area (TPSA) is 32.7 Å². The van der Waals surface area contributed by atoms with Crippen LogP contribution in [0.1, 0.15) is 84.3 Å². The van der Waals surface area contributed by atoms with Crippen molar-refractivity contribution < 1.29 is 4.79 Å². The largest absolute Gasteiger partial charge is 0.372 e. The fourth-order valence-corrected chi connectivity index (χ4v) is 4.88. The maximum atomic E-state index is 12.9. The smallest absolute Gasteiger partial charge is 0.183 e. The predicted octanol–water partition coefficient (Wildman–Crippen LogP) is 9.19. The number of rotatable bonds is 7. The molecule has 0 bridgehead atoms. The van der Waals surface area contributed by atoms with Gasteiger partial charge in [-0.15, -0.1) is 5.73 Å². The Morgan fingerprint density at radius 3 is 2.46 bits per heavy atom. The molecule has 1 aromatic carbocycles. The van der Waals surface area contributed by atoms with E-state index >= 15 is 0 Å². The molecule has 1 aromatic rings. The third-order valence-electron chi connectivity index (χ3n) is 7.52. The lowest BCUT2D eigenvalue weighted by Crippen LogP contribution is -2.26. The van der Waals surface area contributed by atoms with E-state index in [0.29, 0.717) is 17.7 Å². The SMILES string of the molecule is C=C1CCCN(C(/C=C\C2=NC(c3cccc(C(=C=C(C)/C(C)=C\C)CC)c3)=CC(=O)C(=C)C2)=C/C)CCC1. The van der Waals surface area contributed by atoms with Gasteiger partial charge in [0.25, 0.3) is 0 Å². The molecule has 2 aliphatic rings. The number of allylic oxidation sites excluding steroid dienone is 9. The monoisotopic (exact) mass is 520 g/mol. The number of carbonyl (C=O) groups excluding carboxylic acids is 1. The zero-order valence-corrected chi connectivity index (χ0v) is 24.6. The molecule has 2 aliphatic heterocycles. The number of hydrogen-bond acceptors (Lipinski definition) is 3. The molecular formula is C36H44N2O. The first-order valence-corrected chi connectivity index (χ1v) is 14.2. The van der Waals surface area contributed by atoms with Crippen molar-refractivity contribution in [2.75, 3.05) is 13.1 Å². The average Bonchev–Trinajstić information content (AvgIpc) is 3.07. The normalized spacial score (nSPS) is 17.8. The van der Waals surface area contributed by atoms with E-state index in [9.17, 15) is 4.79 Å². The summed E-state index contributed by atoms with van der Waals surface area (Å²) in [7, 11) is 0. The molecule has 2 heterocycles. The Morgan fingerprint density at radius 2 is 1.82 bits per heavy atom. The highest BCUT2D eigenvalue weighted by Gasteiger charge is 2.16. The minimum atomic E-state index is -0.0662. The van der Waals surface area contributed by atoms with Gasteiger partial charge in [-0.1, -0.05) is 56.0 Å². The molecule has 0 radical (unpaired) electrons. The van der Waals surface area contributed by atoms with Gasteiger partial charge < -0.3 is 4.90 Å². The molecule has 0 amide bonds. The average molecular weight is 521 g/mol. The van der Waals surface area contributed by atoms with Gasteiger partial charge >= 0.3 is 0 Å². The molecule has 3 nitrogen and oxygen atoms in total. The van der Waals surface area contributed by atoms with E-state index in [-0.39, 0.29) is 5.78 Å². The van der Waals surface area contributed by atoms with Crippen LogP contribution in [0.3, 0.4) is 0 Å². The minimum Gasteiger partial charge on any atom is -0.372 e. The summed E-state index contributed by atoms with van der Waals surface area (Å²) in [6.07, 6.45) is 15.8. The van der Waals surface area contributed by atoms with Gasteiger partial charge in [-0.3, -0.25) is 9.79 Å². The summed E-state index contributed by atoms with van der Waals surface area (Å²) in [6.45, 7) is 20.8. The lowest BCUT2D eigenvalue weighted by Gasteiger charge is -2.28. The van der Waals surface area contributed by atoms with Crippen molar-refractivity contribution in [3.63, 3.8) is 0 Å². The summed E-state index contributed by atoms with van der Waals surface area (Å²) in [4.78, 5) is 20.3. The van der Waals surface area contributed by atoms with Crippen molar-refractivity contribution in [1.29, 1.82) is 0 Å². The molecular weight excluding hydrogens is 476 g/mol. The molecule has 3 rings (SSSR count). The Kier molecular flexibility index (Phi) is 11.1. The molecule has 1 saturated heterocycles. The molecule has 3 heteroatoms. The van der Waals surface area contributed by atoms with E-state index in [1.807, 2.05) is 19.1 Å². The Labute approximate surface area is 236 Å². The van der Waals surface area contributed by atoms with Crippen molar-refractivity contribution in [3.05, 3.63) is 113 Å². The number of benzene rings is 1. The predicted molar refractivity (Wildman–Crippen MR) is 169 cm³/mol. The van der Waals surface area contributed by atoms with Crippen molar-refractivity contribution in [1.82, 2.24) is 4.90 Å². The summed E-state index contributed by atoms with van der Waals surface area (Å²) in [6, 6.07) is 8.28. The molecule has 204 valence electrons. The van der Waals surface area contributed by atoms with Crippen molar-refractivity contribution in [2.24, 2.45) is 4.99 Å². The summed E-state index contributed by atoms with van der Waals surface area (Å²) >= 11 is 0. The van der Waals surface area contributed by atoms with Crippen LogP contribution in [-0.4, -0.2) is 29.5 Å². The Hall–Kier alpha value is -3.68. The third kappa shape index (κ3) is 8.40. The molecule has 0 atom stereocenters. The van der Waals surface area contributed by atoms with E-state index in [1.54, 1.807) is 6.08 Å². The molecule has 0 unspecified atom stereocenters. The van der Waals surface area contributed by atoms with Crippen LogP contribution in [-0.2, 0) is 4.79 Å². The van der Waals surface area contributed by atoms with Gasteiger partial charge in [0.1, 0.15) is 0 Å². The summed E-state index contributed by atoms with van der Waals surface area (Å²) in [5.41, 5.74) is 13.7. The first-order valence-electron chi connectivity index (χ1n) is 14.2. The van der Waals surface area contributed by atoms with Crippen LogP contribution in [0, 0.1) is 0 Å². The zero-order chi connectivity index (χ0) is 28.4. The maximum absolute atomic E-state index is 12.9. The van der Waals surface area contributed by atoms with E-state index in [0.717, 1.165) is 73.2 Å². The molecule has 0 aliphatic carbocycles.